The van der Waals surface area contributed by atoms with Gasteiger partial charge in [0, 0.05) is 5.92 Å². The minimum Gasteiger partial charge on any atom is -0.468 e. The van der Waals surface area contributed by atoms with E-state index in [2.05, 4.69) is 36.5 Å². The van der Waals surface area contributed by atoms with Crippen LogP contribution in [0.2, 0.25) is 0 Å². The second-order valence-corrected chi connectivity index (χ2v) is 3.98. The fourth-order valence-electron chi connectivity index (χ4n) is 2.06. The molecule has 0 fully saturated rings. The molecule has 0 saturated carbocycles. The van der Waals surface area contributed by atoms with Gasteiger partial charge in [-0.25, -0.2) is 0 Å². The average molecular weight is 215 g/mol. The van der Waals surface area contributed by atoms with Crippen molar-refractivity contribution in [3.63, 3.8) is 0 Å². The summed E-state index contributed by atoms with van der Waals surface area (Å²) in [6.45, 7) is 2.21. The van der Waals surface area contributed by atoms with Gasteiger partial charge in [-0.3, -0.25) is 0 Å². The molecule has 0 aliphatic carbocycles. The number of rotatable bonds is 4. The highest BCUT2D eigenvalue weighted by atomic mass is 16.3. The van der Waals surface area contributed by atoms with E-state index >= 15 is 0 Å². The van der Waals surface area contributed by atoms with Crippen LogP contribution >= 0.6 is 0 Å². The summed E-state index contributed by atoms with van der Waals surface area (Å²) in [6.07, 6.45) is 1.72. The number of furan rings is 1. The summed E-state index contributed by atoms with van der Waals surface area (Å²) in [5, 5.41) is 3.31. The van der Waals surface area contributed by atoms with Crippen LogP contribution in [0.5, 0.6) is 0 Å². The van der Waals surface area contributed by atoms with Crippen LogP contribution in [0.4, 0.5) is 0 Å². The van der Waals surface area contributed by atoms with Crippen LogP contribution in [0.1, 0.15) is 30.2 Å². The molecule has 2 nitrogen and oxygen atoms in total. The minimum atomic E-state index is 0.220. The van der Waals surface area contributed by atoms with Crippen molar-refractivity contribution in [3.8, 4) is 0 Å². The SMILES string of the molecule is CN[C@@H](c1ccco1)[C@@H](C)c1ccccc1. The van der Waals surface area contributed by atoms with Gasteiger partial charge in [0.05, 0.1) is 12.3 Å². The molecule has 0 aliphatic heterocycles. The van der Waals surface area contributed by atoms with Crippen LogP contribution < -0.4 is 5.32 Å². The van der Waals surface area contributed by atoms with E-state index < -0.39 is 0 Å². The molecule has 2 heteroatoms. The van der Waals surface area contributed by atoms with E-state index in [1.54, 1.807) is 6.26 Å². The van der Waals surface area contributed by atoms with Crippen molar-refractivity contribution in [2.24, 2.45) is 0 Å². The summed E-state index contributed by atoms with van der Waals surface area (Å²) in [5.74, 6) is 1.37. The Morgan fingerprint density at radius 2 is 1.81 bits per heavy atom. The lowest BCUT2D eigenvalue weighted by Gasteiger charge is -2.21. The van der Waals surface area contributed by atoms with Gasteiger partial charge >= 0.3 is 0 Å². The molecule has 0 saturated heterocycles. The van der Waals surface area contributed by atoms with Crippen LogP contribution in [-0.2, 0) is 0 Å². The Labute approximate surface area is 96.3 Å². The normalized spacial score (nSPS) is 14.6. The predicted molar refractivity (Wildman–Crippen MR) is 65.4 cm³/mol. The maximum Gasteiger partial charge on any atom is 0.121 e. The zero-order valence-electron chi connectivity index (χ0n) is 9.68. The number of hydrogen-bond donors (Lipinski definition) is 1. The Morgan fingerprint density at radius 1 is 1.06 bits per heavy atom. The van der Waals surface area contributed by atoms with Crippen molar-refractivity contribution in [1.29, 1.82) is 0 Å². The van der Waals surface area contributed by atoms with Gasteiger partial charge in [0.2, 0.25) is 0 Å². The van der Waals surface area contributed by atoms with E-state index in [1.165, 1.54) is 5.56 Å². The van der Waals surface area contributed by atoms with E-state index in [1.807, 2.05) is 25.2 Å². The first-order valence-electron chi connectivity index (χ1n) is 5.58. The Kier molecular flexibility index (Phi) is 3.42. The summed E-state index contributed by atoms with van der Waals surface area (Å²) in [4.78, 5) is 0. The predicted octanol–water partition coefficient (Wildman–Crippen LogP) is 3.34. The molecule has 2 aromatic rings. The summed E-state index contributed by atoms with van der Waals surface area (Å²) in [7, 11) is 1.96. The fraction of sp³-hybridized carbons (Fsp3) is 0.286. The van der Waals surface area contributed by atoms with Crippen molar-refractivity contribution in [1.82, 2.24) is 5.32 Å². The molecule has 0 unspecified atom stereocenters. The van der Waals surface area contributed by atoms with Crippen molar-refractivity contribution >= 4 is 0 Å². The minimum absolute atomic E-state index is 0.220. The van der Waals surface area contributed by atoms with Gasteiger partial charge < -0.3 is 9.73 Å². The van der Waals surface area contributed by atoms with Gasteiger partial charge in [-0.1, -0.05) is 37.3 Å². The number of benzene rings is 1. The highest BCUT2D eigenvalue weighted by molar-refractivity contribution is 5.23. The molecule has 1 heterocycles. The molecule has 0 radical (unpaired) electrons. The van der Waals surface area contributed by atoms with Crippen molar-refractivity contribution in [3.05, 3.63) is 60.1 Å². The maximum absolute atomic E-state index is 5.47. The van der Waals surface area contributed by atoms with Gasteiger partial charge in [-0.2, -0.15) is 0 Å². The molecule has 2 atom stereocenters. The second kappa shape index (κ2) is 4.99. The van der Waals surface area contributed by atoms with Crippen LogP contribution in [0, 0.1) is 0 Å². The smallest absolute Gasteiger partial charge is 0.121 e. The lowest BCUT2D eigenvalue weighted by Crippen LogP contribution is -2.21. The van der Waals surface area contributed by atoms with Crippen LogP contribution in [0.15, 0.2) is 53.1 Å². The van der Waals surface area contributed by atoms with E-state index in [4.69, 9.17) is 4.42 Å². The van der Waals surface area contributed by atoms with Crippen molar-refractivity contribution < 1.29 is 4.42 Å². The maximum atomic E-state index is 5.47. The summed E-state index contributed by atoms with van der Waals surface area (Å²) < 4.78 is 5.47. The van der Waals surface area contributed by atoms with Crippen LogP contribution in [0.3, 0.4) is 0 Å². The molecule has 0 amide bonds. The Hall–Kier alpha value is -1.54. The molecule has 84 valence electrons. The van der Waals surface area contributed by atoms with Gasteiger partial charge in [0.25, 0.3) is 0 Å². The lowest BCUT2D eigenvalue weighted by molar-refractivity contribution is 0.395. The lowest BCUT2D eigenvalue weighted by atomic mass is 9.92. The molecule has 16 heavy (non-hydrogen) atoms. The topological polar surface area (TPSA) is 25.2 Å². The van der Waals surface area contributed by atoms with Gasteiger partial charge in [-0.05, 0) is 24.7 Å². The zero-order chi connectivity index (χ0) is 11.4. The summed E-state index contributed by atoms with van der Waals surface area (Å²) in [5.41, 5.74) is 1.32. The highest BCUT2D eigenvalue weighted by Crippen LogP contribution is 2.30. The van der Waals surface area contributed by atoms with E-state index in [9.17, 15) is 0 Å². The summed E-state index contributed by atoms with van der Waals surface area (Å²) in [6, 6.07) is 14.6. The van der Waals surface area contributed by atoms with Crippen LogP contribution in [-0.4, -0.2) is 7.05 Å². The van der Waals surface area contributed by atoms with Gasteiger partial charge in [0.15, 0.2) is 0 Å². The monoisotopic (exact) mass is 215 g/mol. The van der Waals surface area contributed by atoms with E-state index in [-0.39, 0.29) is 6.04 Å². The third kappa shape index (κ3) is 2.17. The third-order valence-corrected chi connectivity index (χ3v) is 2.99. The van der Waals surface area contributed by atoms with Gasteiger partial charge in [-0.15, -0.1) is 0 Å². The van der Waals surface area contributed by atoms with Crippen molar-refractivity contribution in [2.45, 2.75) is 18.9 Å². The van der Waals surface area contributed by atoms with E-state index in [0.717, 1.165) is 5.76 Å². The first-order chi connectivity index (χ1) is 7.83. The third-order valence-electron chi connectivity index (χ3n) is 2.99. The number of nitrogens with one attached hydrogen (secondary N) is 1. The Bertz CT molecular complexity index is 408. The van der Waals surface area contributed by atoms with Crippen LogP contribution in [0.25, 0.3) is 0 Å². The molecule has 0 aliphatic rings. The zero-order valence-corrected chi connectivity index (χ0v) is 9.68. The summed E-state index contributed by atoms with van der Waals surface area (Å²) >= 11 is 0. The Morgan fingerprint density at radius 3 is 2.38 bits per heavy atom. The fourth-order valence-corrected chi connectivity index (χ4v) is 2.06. The average Bonchev–Trinajstić information content (AvgIpc) is 2.85. The van der Waals surface area contributed by atoms with Crippen molar-refractivity contribution in [2.75, 3.05) is 7.05 Å². The molecule has 1 N–H and O–H groups in total. The molecule has 1 aromatic heterocycles. The molecule has 2 rings (SSSR count). The molecular formula is C14H17NO. The standard InChI is InChI=1S/C14H17NO/c1-11(12-7-4-3-5-8-12)14(15-2)13-9-6-10-16-13/h3-11,14-15H,1-2H3/t11-,14+/m0/s1. The molecule has 0 spiro atoms. The molecule has 1 aromatic carbocycles. The highest BCUT2D eigenvalue weighted by Gasteiger charge is 2.20. The molecule has 0 bridgehead atoms. The first kappa shape index (κ1) is 11.0. The van der Waals surface area contributed by atoms with Gasteiger partial charge in [0.1, 0.15) is 5.76 Å². The number of likely N-dealkylation sites (N-methyl/N-ethyl adjacent to an activating group) is 1. The first-order valence-corrected chi connectivity index (χ1v) is 5.58. The number of hydrogen-bond acceptors (Lipinski definition) is 2. The quantitative estimate of drug-likeness (QED) is 0.846. The van der Waals surface area contributed by atoms with E-state index in [0.29, 0.717) is 5.92 Å². The molecular weight excluding hydrogens is 198 g/mol. The largest absolute Gasteiger partial charge is 0.468 e. The second-order valence-electron chi connectivity index (χ2n) is 3.98. The Balaban J connectivity index is 2.23.